The highest BCUT2D eigenvalue weighted by Gasteiger charge is 2.25. The third kappa shape index (κ3) is 6.16. The number of amides is 1. The van der Waals surface area contributed by atoms with Gasteiger partial charge in [-0.05, 0) is 41.0 Å². The monoisotopic (exact) mass is 229 g/mol. The van der Waals surface area contributed by atoms with Crippen molar-refractivity contribution in [2.75, 3.05) is 0 Å². The van der Waals surface area contributed by atoms with Crippen LogP contribution in [0.3, 0.4) is 0 Å². The van der Waals surface area contributed by atoms with E-state index in [0.717, 1.165) is 0 Å². The first-order valence-electron chi connectivity index (χ1n) is 5.03. The zero-order valence-electron chi connectivity index (χ0n) is 10.4. The average Bonchev–Trinajstić information content (AvgIpc) is 1.99. The van der Waals surface area contributed by atoms with Crippen molar-refractivity contribution < 1.29 is 19.4 Å². The van der Waals surface area contributed by atoms with Gasteiger partial charge in [-0.1, -0.05) is 0 Å². The van der Waals surface area contributed by atoms with Crippen LogP contribution in [0.25, 0.3) is 0 Å². The van der Waals surface area contributed by atoms with Crippen molar-refractivity contribution in [3.63, 3.8) is 0 Å². The second-order valence-electron chi connectivity index (χ2n) is 5.19. The topological polar surface area (TPSA) is 76.0 Å². The molecular weight excluding hydrogens is 210 g/mol. The van der Waals surface area contributed by atoms with Crippen LogP contribution in [-0.2, 0) is 9.53 Å². The van der Waals surface area contributed by atoms with E-state index >= 15 is 0 Å². The molecule has 0 aromatic carbocycles. The molecule has 0 bridgehead atoms. The van der Waals surface area contributed by atoms with E-state index in [1.54, 1.807) is 34.6 Å². The van der Waals surface area contributed by atoms with E-state index in [4.69, 9.17) is 9.84 Å². The van der Waals surface area contributed by atoms with Crippen molar-refractivity contribution in [2.45, 2.75) is 46.6 Å². The van der Waals surface area contributed by atoms with Crippen LogP contribution in [0.2, 0.25) is 0 Å². The molecule has 16 heavy (non-hydrogen) atoms. The summed E-state index contributed by atoms with van der Waals surface area (Å²) >= 11 is 0. The van der Waals surface area contributed by atoms with Crippen LogP contribution in [0.5, 0.6) is 0 Å². The minimum absolute atomic E-state index is 0.182. The summed E-state index contributed by atoms with van der Waals surface area (Å²) in [6.07, 6.45) is 0.762. The van der Waals surface area contributed by atoms with Crippen molar-refractivity contribution in [2.24, 2.45) is 10.4 Å². The van der Waals surface area contributed by atoms with Gasteiger partial charge in [0.25, 0.3) is 0 Å². The van der Waals surface area contributed by atoms with Gasteiger partial charge in [-0.15, -0.1) is 0 Å². The average molecular weight is 229 g/mol. The number of aliphatic imine (C=N–C) groups is 1. The summed E-state index contributed by atoms with van der Waals surface area (Å²) in [5.74, 6) is -0.928. The molecule has 0 aliphatic carbocycles. The van der Waals surface area contributed by atoms with E-state index in [9.17, 15) is 9.59 Å². The van der Waals surface area contributed by atoms with E-state index in [1.165, 1.54) is 6.21 Å². The number of rotatable bonds is 3. The Kier molecular flexibility index (Phi) is 4.65. The van der Waals surface area contributed by atoms with E-state index in [-0.39, 0.29) is 6.42 Å². The number of aliphatic carboxylic acids is 1. The van der Waals surface area contributed by atoms with Gasteiger partial charge >= 0.3 is 12.1 Å². The number of carbonyl (C=O) groups excluding carboxylic acids is 1. The van der Waals surface area contributed by atoms with Crippen molar-refractivity contribution >= 4 is 18.3 Å². The minimum atomic E-state index is -0.928. The molecule has 5 heteroatoms. The highest BCUT2D eigenvalue weighted by atomic mass is 16.6. The lowest BCUT2D eigenvalue weighted by Crippen LogP contribution is -2.24. The second kappa shape index (κ2) is 5.09. The second-order valence-corrected chi connectivity index (χ2v) is 5.19. The predicted molar refractivity (Wildman–Crippen MR) is 60.8 cm³/mol. The summed E-state index contributed by atoms with van der Waals surface area (Å²) in [5.41, 5.74) is -1.51. The quantitative estimate of drug-likeness (QED) is 0.754. The smallest absolute Gasteiger partial charge is 0.433 e. The summed E-state index contributed by atoms with van der Waals surface area (Å²) in [4.78, 5) is 25.4. The van der Waals surface area contributed by atoms with Gasteiger partial charge in [-0.3, -0.25) is 4.79 Å². The fourth-order valence-electron chi connectivity index (χ4n) is 0.724. The largest absolute Gasteiger partial charge is 0.481 e. The Hall–Kier alpha value is -1.39. The Morgan fingerprint density at radius 3 is 2.12 bits per heavy atom. The van der Waals surface area contributed by atoms with Crippen molar-refractivity contribution in [3.8, 4) is 0 Å². The number of hydrogen-bond acceptors (Lipinski definition) is 3. The summed E-state index contributed by atoms with van der Waals surface area (Å²) in [6, 6.07) is 0. The number of carboxylic acid groups (broad SMARTS) is 1. The molecule has 0 radical (unpaired) electrons. The molecule has 0 unspecified atom stereocenters. The molecule has 0 saturated heterocycles. The molecular formula is C11H19NO4. The maximum absolute atomic E-state index is 11.1. The maximum atomic E-state index is 11.1. The van der Waals surface area contributed by atoms with E-state index in [0.29, 0.717) is 0 Å². The van der Waals surface area contributed by atoms with E-state index < -0.39 is 23.1 Å². The van der Waals surface area contributed by atoms with Crippen LogP contribution < -0.4 is 0 Å². The Morgan fingerprint density at radius 1 is 1.25 bits per heavy atom. The summed E-state index contributed by atoms with van der Waals surface area (Å²) in [7, 11) is 0. The highest BCUT2D eigenvalue weighted by Crippen LogP contribution is 2.18. The van der Waals surface area contributed by atoms with Gasteiger partial charge in [0.2, 0.25) is 0 Å². The highest BCUT2D eigenvalue weighted by molar-refractivity contribution is 5.83. The van der Waals surface area contributed by atoms with Gasteiger partial charge in [0, 0.05) is 6.21 Å². The van der Waals surface area contributed by atoms with Crippen molar-refractivity contribution in [3.05, 3.63) is 0 Å². The molecule has 92 valence electrons. The zero-order valence-corrected chi connectivity index (χ0v) is 10.4. The molecule has 0 atom stereocenters. The van der Waals surface area contributed by atoms with Gasteiger partial charge in [0.1, 0.15) is 5.60 Å². The number of hydrogen-bond donors (Lipinski definition) is 1. The normalized spacial score (nSPS) is 12.8. The molecule has 0 aliphatic heterocycles. The summed E-state index contributed by atoms with van der Waals surface area (Å²) in [5, 5.41) is 8.82. The van der Waals surface area contributed by atoms with Gasteiger partial charge in [0.05, 0.1) is 5.41 Å². The number of carboxylic acids is 1. The fourth-order valence-corrected chi connectivity index (χ4v) is 0.724. The Balaban J connectivity index is 4.22. The van der Waals surface area contributed by atoms with Crippen LogP contribution in [0.15, 0.2) is 4.99 Å². The molecule has 0 aromatic heterocycles. The lowest BCUT2D eigenvalue weighted by atomic mass is 9.90. The Labute approximate surface area is 95.5 Å². The van der Waals surface area contributed by atoms with Gasteiger partial charge in [0.15, 0.2) is 0 Å². The van der Waals surface area contributed by atoms with E-state index in [2.05, 4.69) is 4.99 Å². The van der Waals surface area contributed by atoms with E-state index in [1.807, 2.05) is 0 Å². The van der Waals surface area contributed by atoms with Crippen LogP contribution in [0, 0.1) is 5.41 Å². The SMILES string of the molecule is CC(C)(C)OC(=O)N=CCC(C)(C)C(=O)O. The first-order chi connectivity index (χ1) is 7.04. The number of carbonyl (C=O) groups is 2. The molecule has 0 rings (SSSR count). The summed E-state index contributed by atoms with van der Waals surface area (Å²) in [6.45, 7) is 8.34. The molecule has 5 nitrogen and oxygen atoms in total. The van der Waals surface area contributed by atoms with Crippen LogP contribution in [-0.4, -0.2) is 29.0 Å². The molecule has 0 saturated carbocycles. The molecule has 1 N–H and O–H groups in total. The van der Waals surface area contributed by atoms with Gasteiger partial charge in [-0.2, -0.15) is 4.99 Å². The third-order valence-corrected chi connectivity index (χ3v) is 1.77. The fraction of sp³-hybridized carbons (Fsp3) is 0.727. The Bertz CT molecular complexity index is 300. The standard InChI is InChI=1S/C11H19NO4/c1-10(2,3)16-9(15)12-7-6-11(4,5)8(13)14/h7H,6H2,1-5H3,(H,13,14). The third-order valence-electron chi connectivity index (χ3n) is 1.77. The van der Waals surface area contributed by atoms with Gasteiger partial charge in [-0.25, -0.2) is 4.79 Å². The molecule has 0 fully saturated rings. The van der Waals surface area contributed by atoms with Crippen molar-refractivity contribution in [1.29, 1.82) is 0 Å². The van der Waals surface area contributed by atoms with Crippen LogP contribution in [0.1, 0.15) is 41.0 Å². The van der Waals surface area contributed by atoms with Gasteiger partial charge < -0.3 is 9.84 Å². The van der Waals surface area contributed by atoms with Crippen molar-refractivity contribution in [1.82, 2.24) is 0 Å². The van der Waals surface area contributed by atoms with Crippen LogP contribution >= 0.6 is 0 Å². The first kappa shape index (κ1) is 14.6. The number of nitrogens with zero attached hydrogens (tertiary/aromatic N) is 1. The zero-order chi connectivity index (χ0) is 13.0. The molecule has 0 spiro atoms. The lowest BCUT2D eigenvalue weighted by Gasteiger charge is -2.18. The molecule has 0 heterocycles. The lowest BCUT2D eigenvalue weighted by molar-refractivity contribution is -0.146. The van der Waals surface area contributed by atoms with Crippen LogP contribution in [0.4, 0.5) is 4.79 Å². The Morgan fingerprint density at radius 2 is 1.75 bits per heavy atom. The number of ether oxygens (including phenoxy) is 1. The molecule has 0 aliphatic rings. The maximum Gasteiger partial charge on any atom is 0.433 e. The first-order valence-corrected chi connectivity index (χ1v) is 5.03. The minimum Gasteiger partial charge on any atom is -0.481 e. The summed E-state index contributed by atoms with van der Waals surface area (Å²) < 4.78 is 4.93. The predicted octanol–water partition coefficient (Wildman–Crippen LogP) is 2.49. The molecule has 1 amide bonds. The molecule has 0 aromatic rings.